The quantitative estimate of drug-likeness (QED) is 0.807. The average molecular weight is 234 g/mol. The molecule has 1 aliphatic heterocycles. The van der Waals surface area contributed by atoms with Crippen LogP contribution in [-0.2, 0) is 9.63 Å². The van der Waals surface area contributed by atoms with Crippen molar-refractivity contribution in [2.45, 2.75) is 12.8 Å². The molecule has 0 bridgehead atoms. The van der Waals surface area contributed by atoms with Crippen molar-refractivity contribution in [3.05, 3.63) is 30.3 Å². The zero-order valence-corrected chi connectivity index (χ0v) is 10.1. The highest BCUT2D eigenvalue weighted by molar-refractivity contribution is 5.93. The molecule has 0 atom stereocenters. The Morgan fingerprint density at radius 3 is 2.53 bits per heavy atom. The highest BCUT2D eigenvalue weighted by atomic mass is 16.7. The summed E-state index contributed by atoms with van der Waals surface area (Å²) in [5, 5.41) is 4.65. The number of carbonyl (C=O) groups excluding carboxylic acids is 1. The highest BCUT2D eigenvalue weighted by Gasteiger charge is 2.26. The molecule has 0 radical (unpaired) electrons. The van der Waals surface area contributed by atoms with Gasteiger partial charge < -0.3 is 5.32 Å². The molecule has 1 aliphatic rings. The first-order chi connectivity index (χ1) is 8.33. The molecule has 1 N–H and O–H groups in total. The molecule has 1 heterocycles. The van der Waals surface area contributed by atoms with Gasteiger partial charge in [-0.25, -0.2) is 0 Å². The van der Waals surface area contributed by atoms with Crippen LogP contribution in [0.3, 0.4) is 0 Å². The number of carbonyl (C=O) groups is 1. The standard InChI is InChI=1S/C13H18N2O2/c1-17-15(12-5-3-2-4-6-12)13(16)11-7-9-14-10-8-11/h2-6,11,14H,7-10H2,1H3. The summed E-state index contributed by atoms with van der Waals surface area (Å²) in [6, 6.07) is 9.48. The Balaban J connectivity index is 2.10. The van der Waals surface area contributed by atoms with Crippen LogP contribution in [0.5, 0.6) is 0 Å². The van der Waals surface area contributed by atoms with Gasteiger partial charge in [-0.1, -0.05) is 18.2 Å². The number of hydrogen-bond acceptors (Lipinski definition) is 3. The molecule has 0 unspecified atom stereocenters. The predicted molar refractivity (Wildman–Crippen MR) is 66.5 cm³/mol. The lowest BCUT2D eigenvalue weighted by molar-refractivity contribution is -0.129. The van der Waals surface area contributed by atoms with Crippen molar-refractivity contribution in [1.82, 2.24) is 5.32 Å². The summed E-state index contributed by atoms with van der Waals surface area (Å²) >= 11 is 0. The first kappa shape index (κ1) is 12.1. The number of rotatable bonds is 3. The zero-order chi connectivity index (χ0) is 12.1. The Morgan fingerprint density at radius 1 is 1.29 bits per heavy atom. The van der Waals surface area contributed by atoms with Gasteiger partial charge in [-0.15, -0.1) is 0 Å². The highest BCUT2D eigenvalue weighted by Crippen LogP contribution is 2.20. The first-order valence-corrected chi connectivity index (χ1v) is 5.97. The minimum absolute atomic E-state index is 0.0557. The van der Waals surface area contributed by atoms with E-state index in [2.05, 4.69) is 5.32 Å². The van der Waals surface area contributed by atoms with Crippen molar-refractivity contribution in [1.29, 1.82) is 0 Å². The molecular weight excluding hydrogens is 216 g/mol. The number of para-hydroxylation sites is 1. The number of anilines is 1. The monoisotopic (exact) mass is 234 g/mol. The Bertz CT molecular complexity index is 361. The number of piperidine rings is 1. The number of amides is 1. The topological polar surface area (TPSA) is 41.6 Å². The summed E-state index contributed by atoms with van der Waals surface area (Å²) in [7, 11) is 1.53. The molecule has 1 fully saturated rings. The molecule has 1 aromatic rings. The van der Waals surface area contributed by atoms with E-state index in [1.807, 2.05) is 30.3 Å². The minimum atomic E-state index is 0.0557. The fraction of sp³-hybridized carbons (Fsp3) is 0.462. The van der Waals surface area contributed by atoms with Gasteiger partial charge in [0.15, 0.2) is 0 Å². The number of nitrogens with zero attached hydrogens (tertiary/aromatic N) is 1. The summed E-state index contributed by atoms with van der Waals surface area (Å²) < 4.78 is 0. The smallest absolute Gasteiger partial charge is 0.254 e. The molecule has 0 aromatic heterocycles. The molecule has 2 rings (SSSR count). The van der Waals surface area contributed by atoms with Gasteiger partial charge in [0.2, 0.25) is 0 Å². The predicted octanol–water partition coefficient (Wildman–Crippen LogP) is 1.58. The maximum absolute atomic E-state index is 12.3. The second-order valence-corrected chi connectivity index (χ2v) is 4.18. The van der Waals surface area contributed by atoms with Crippen molar-refractivity contribution in [3.8, 4) is 0 Å². The molecule has 92 valence electrons. The molecule has 0 spiro atoms. The maximum Gasteiger partial charge on any atom is 0.254 e. The van der Waals surface area contributed by atoms with Crippen molar-refractivity contribution < 1.29 is 9.63 Å². The van der Waals surface area contributed by atoms with Crippen LogP contribution < -0.4 is 10.4 Å². The lowest BCUT2D eigenvalue weighted by atomic mass is 9.97. The van der Waals surface area contributed by atoms with E-state index in [1.54, 1.807) is 0 Å². The van der Waals surface area contributed by atoms with Crippen LogP contribution in [0.1, 0.15) is 12.8 Å². The number of nitrogens with one attached hydrogen (secondary N) is 1. The van der Waals surface area contributed by atoms with Crippen LogP contribution in [0, 0.1) is 5.92 Å². The maximum atomic E-state index is 12.3. The van der Waals surface area contributed by atoms with E-state index in [1.165, 1.54) is 12.2 Å². The van der Waals surface area contributed by atoms with Gasteiger partial charge in [0.1, 0.15) is 0 Å². The van der Waals surface area contributed by atoms with E-state index < -0.39 is 0 Å². The molecule has 4 nitrogen and oxygen atoms in total. The van der Waals surface area contributed by atoms with Crippen molar-refractivity contribution in [2.24, 2.45) is 5.92 Å². The van der Waals surface area contributed by atoms with Gasteiger partial charge in [-0.3, -0.25) is 9.63 Å². The van der Waals surface area contributed by atoms with Gasteiger partial charge in [-0.2, -0.15) is 5.06 Å². The minimum Gasteiger partial charge on any atom is -0.317 e. The van der Waals surface area contributed by atoms with Crippen LogP contribution in [0.25, 0.3) is 0 Å². The van der Waals surface area contributed by atoms with E-state index in [-0.39, 0.29) is 11.8 Å². The Morgan fingerprint density at radius 2 is 1.94 bits per heavy atom. The summed E-state index contributed by atoms with van der Waals surface area (Å²) in [4.78, 5) is 17.5. The average Bonchev–Trinajstić information content (AvgIpc) is 2.42. The Labute approximate surface area is 102 Å². The lowest BCUT2D eigenvalue weighted by Gasteiger charge is -2.27. The third-order valence-electron chi connectivity index (χ3n) is 3.06. The molecule has 1 amide bonds. The van der Waals surface area contributed by atoms with Crippen molar-refractivity contribution >= 4 is 11.6 Å². The fourth-order valence-corrected chi connectivity index (χ4v) is 2.12. The molecule has 17 heavy (non-hydrogen) atoms. The van der Waals surface area contributed by atoms with Crippen molar-refractivity contribution in [3.63, 3.8) is 0 Å². The molecule has 1 aromatic carbocycles. The SMILES string of the molecule is CON(C(=O)C1CCNCC1)c1ccccc1. The lowest BCUT2D eigenvalue weighted by Crippen LogP contribution is -2.40. The van der Waals surface area contributed by atoms with Crippen LogP contribution in [0.2, 0.25) is 0 Å². The van der Waals surface area contributed by atoms with E-state index >= 15 is 0 Å². The number of hydroxylamine groups is 1. The van der Waals surface area contributed by atoms with E-state index in [0.29, 0.717) is 0 Å². The number of hydrogen-bond donors (Lipinski definition) is 1. The summed E-state index contributed by atoms with van der Waals surface area (Å²) in [6.07, 6.45) is 1.76. The Kier molecular flexibility index (Phi) is 4.12. The van der Waals surface area contributed by atoms with Crippen LogP contribution in [0.15, 0.2) is 30.3 Å². The van der Waals surface area contributed by atoms with Crippen molar-refractivity contribution in [2.75, 3.05) is 25.3 Å². The van der Waals surface area contributed by atoms with Gasteiger partial charge in [0.25, 0.3) is 5.91 Å². The zero-order valence-electron chi connectivity index (χ0n) is 10.1. The van der Waals surface area contributed by atoms with Gasteiger partial charge in [0, 0.05) is 5.92 Å². The summed E-state index contributed by atoms with van der Waals surface area (Å²) in [6.45, 7) is 1.81. The molecule has 0 saturated carbocycles. The fourth-order valence-electron chi connectivity index (χ4n) is 2.12. The summed E-state index contributed by atoms with van der Waals surface area (Å²) in [5.74, 6) is 0.122. The third kappa shape index (κ3) is 2.84. The van der Waals surface area contributed by atoms with Crippen LogP contribution >= 0.6 is 0 Å². The van der Waals surface area contributed by atoms with Crippen LogP contribution in [-0.4, -0.2) is 26.1 Å². The second kappa shape index (κ2) is 5.80. The molecule has 4 heteroatoms. The van der Waals surface area contributed by atoms with E-state index in [0.717, 1.165) is 31.6 Å². The number of benzene rings is 1. The largest absolute Gasteiger partial charge is 0.317 e. The van der Waals surface area contributed by atoms with E-state index in [4.69, 9.17) is 4.84 Å². The van der Waals surface area contributed by atoms with Gasteiger partial charge >= 0.3 is 0 Å². The molecular formula is C13H18N2O2. The van der Waals surface area contributed by atoms with E-state index in [9.17, 15) is 4.79 Å². The van der Waals surface area contributed by atoms with Gasteiger partial charge in [0.05, 0.1) is 12.8 Å². The van der Waals surface area contributed by atoms with Crippen LogP contribution in [0.4, 0.5) is 5.69 Å². The second-order valence-electron chi connectivity index (χ2n) is 4.18. The summed E-state index contributed by atoms with van der Waals surface area (Å²) in [5.41, 5.74) is 0.790. The third-order valence-corrected chi connectivity index (χ3v) is 3.06. The Hall–Kier alpha value is -1.39. The first-order valence-electron chi connectivity index (χ1n) is 5.97. The van der Waals surface area contributed by atoms with Gasteiger partial charge in [-0.05, 0) is 38.1 Å². The molecule has 0 aliphatic carbocycles. The molecule has 1 saturated heterocycles. The normalized spacial score (nSPS) is 16.8.